The minimum atomic E-state index is 0. The van der Waals surface area contributed by atoms with Crippen molar-refractivity contribution < 1.29 is 0 Å². The van der Waals surface area contributed by atoms with Crippen molar-refractivity contribution in [3.63, 3.8) is 0 Å². The number of nitrogens with zero attached hydrogens (tertiary/aromatic N) is 2. The Morgan fingerprint density at radius 1 is 1.25 bits per heavy atom. The van der Waals surface area contributed by atoms with E-state index >= 15 is 0 Å². The van der Waals surface area contributed by atoms with Gasteiger partial charge in [0.15, 0.2) is 0 Å². The van der Waals surface area contributed by atoms with Gasteiger partial charge >= 0.3 is 0 Å². The largest absolute Gasteiger partial charge is 0.197 e. The summed E-state index contributed by atoms with van der Waals surface area (Å²) in [7, 11) is 0. The molecular weight excluding hydrogens is 247 g/mol. The van der Waals surface area contributed by atoms with Crippen LogP contribution in [0.4, 0.5) is 0 Å². The molecular formula is C11H8N2NaS2. The second-order valence-corrected chi connectivity index (χ2v) is 4.34. The smallest absolute Gasteiger partial charge is 0.101 e. The molecule has 0 N–H and O–H groups in total. The molecule has 0 fully saturated rings. The topological polar surface area (TPSA) is 47.6 Å². The molecule has 0 aromatic heterocycles. The van der Waals surface area contributed by atoms with Crippen molar-refractivity contribution in [3.8, 4) is 12.1 Å². The number of thioether (sulfide) groups is 1. The van der Waals surface area contributed by atoms with Gasteiger partial charge in [0.1, 0.15) is 6.07 Å². The number of hydrogen-bond acceptors (Lipinski definition) is 4. The molecule has 75 valence electrons. The SMILES string of the molecule is N#CCSC(S)=C(C#N)c1ccccc1.[Na]. The number of rotatable bonds is 3. The second kappa shape index (κ2) is 8.75. The molecule has 0 aliphatic carbocycles. The first-order valence-corrected chi connectivity index (χ1v) is 5.61. The summed E-state index contributed by atoms with van der Waals surface area (Å²) in [5.74, 6) is 0.302. The molecule has 5 heteroatoms. The molecule has 1 radical (unpaired) electrons. The Bertz CT molecular complexity index is 443. The van der Waals surface area contributed by atoms with Gasteiger partial charge in [-0.05, 0) is 5.56 Å². The average Bonchev–Trinajstić information content (AvgIpc) is 2.29. The van der Waals surface area contributed by atoms with Crippen molar-refractivity contribution >= 4 is 59.5 Å². The summed E-state index contributed by atoms with van der Waals surface area (Å²) in [6.45, 7) is 0. The third-order valence-electron chi connectivity index (χ3n) is 1.66. The van der Waals surface area contributed by atoms with Crippen LogP contribution < -0.4 is 0 Å². The van der Waals surface area contributed by atoms with Gasteiger partial charge in [-0.15, -0.1) is 24.4 Å². The van der Waals surface area contributed by atoms with Gasteiger partial charge in [0.2, 0.25) is 0 Å². The Morgan fingerprint density at radius 2 is 1.88 bits per heavy atom. The zero-order valence-electron chi connectivity index (χ0n) is 8.84. The van der Waals surface area contributed by atoms with Crippen LogP contribution in [-0.2, 0) is 0 Å². The summed E-state index contributed by atoms with van der Waals surface area (Å²) in [5, 5.41) is 17.4. The van der Waals surface area contributed by atoms with Crippen LogP contribution in [0.2, 0.25) is 0 Å². The van der Waals surface area contributed by atoms with Crippen molar-refractivity contribution in [2.24, 2.45) is 0 Å². The number of hydrogen-bond donors (Lipinski definition) is 1. The van der Waals surface area contributed by atoms with E-state index in [4.69, 9.17) is 10.5 Å². The van der Waals surface area contributed by atoms with E-state index in [0.717, 1.165) is 5.56 Å². The van der Waals surface area contributed by atoms with Crippen LogP contribution in [0.1, 0.15) is 5.56 Å². The minimum absolute atomic E-state index is 0. The fourth-order valence-electron chi connectivity index (χ4n) is 1.01. The predicted octanol–water partition coefficient (Wildman–Crippen LogP) is 2.68. The maximum absolute atomic E-state index is 9.00. The van der Waals surface area contributed by atoms with Crippen LogP contribution in [0.25, 0.3) is 5.57 Å². The quantitative estimate of drug-likeness (QED) is 0.513. The van der Waals surface area contributed by atoms with Crippen LogP contribution in [-0.4, -0.2) is 35.3 Å². The Labute approximate surface area is 127 Å². The van der Waals surface area contributed by atoms with E-state index in [0.29, 0.717) is 15.6 Å². The average molecular weight is 255 g/mol. The molecule has 0 aliphatic rings. The van der Waals surface area contributed by atoms with E-state index in [2.05, 4.69) is 18.7 Å². The van der Waals surface area contributed by atoms with E-state index in [1.54, 1.807) is 0 Å². The van der Waals surface area contributed by atoms with E-state index in [-0.39, 0.29) is 29.6 Å². The maximum atomic E-state index is 9.00. The normalized spacial score (nSPS) is 10.4. The van der Waals surface area contributed by atoms with Crippen LogP contribution in [0, 0.1) is 22.7 Å². The molecule has 0 heterocycles. The molecule has 0 unspecified atom stereocenters. The van der Waals surface area contributed by atoms with Gasteiger partial charge in [0, 0.05) is 29.6 Å². The van der Waals surface area contributed by atoms with Gasteiger partial charge in [-0.3, -0.25) is 0 Å². The standard InChI is InChI=1S/C11H8N2S2.Na/c12-6-7-15-11(14)10(8-13)9-4-2-1-3-5-9;/h1-5,14H,7H2;. The fourth-order valence-corrected chi connectivity index (χ4v) is 1.90. The van der Waals surface area contributed by atoms with Crippen LogP contribution >= 0.6 is 24.4 Å². The first kappa shape index (κ1) is 15.6. The molecule has 0 aliphatic heterocycles. The molecule has 0 saturated heterocycles. The summed E-state index contributed by atoms with van der Waals surface area (Å²) in [4.78, 5) is 0. The molecule has 1 aromatic rings. The van der Waals surface area contributed by atoms with Gasteiger partial charge in [-0.2, -0.15) is 10.5 Å². The van der Waals surface area contributed by atoms with E-state index in [1.165, 1.54) is 11.8 Å². The van der Waals surface area contributed by atoms with E-state index in [9.17, 15) is 0 Å². The first-order chi connectivity index (χ1) is 7.29. The summed E-state index contributed by atoms with van der Waals surface area (Å²) in [5.41, 5.74) is 1.34. The molecule has 0 atom stereocenters. The third-order valence-corrected chi connectivity index (χ3v) is 3.02. The van der Waals surface area contributed by atoms with Crippen molar-refractivity contribution in [3.05, 3.63) is 40.1 Å². The molecule has 1 rings (SSSR count). The van der Waals surface area contributed by atoms with Crippen molar-refractivity contribution in [2.45, 2.75) is 0 Å². The molecule has 0 amide bonds. The fraction of sp³-hybridized carbons (Fsp3) is 0.0909. The molecule has 0 spiro atoms. The zero-order chi connectivity index (χ0) is 11.1. The predicted molar refractivity (Wildman–Crippen MR) is 71.8 cm³/mol. The van der Waals surface area contributed by atoms with E-state index in [1.807, 2.05) is 36.4 Å². The Morgan fingerprint density at radius 3 is 2.38 bits per heavy atom. The Kier molecular flexibility index (Phi) is 8.56. The summed E-state index contributed by atoms with van der Waals surface area (Å²) < 4.78 is 0.588. The number of thiol groups is 1. The van der Waals surface area contributed by atoms with Gasteiger partial charge in [-0.1, -0.05) is 30.3 Å². The number of benzene rings is 1. The molecule has 0 saturated carbocycles. The third kappa shape index (κ3) is 4.65. The Balaban J connectivity index is 0.00000225. The van der Waals surface area contributed by atoms with Gasteiger partial charge in [0.05, 0.1) is 21.6 Å². The monoisotopic (exact) mass is 255 g/mol. The number of nitriles is 2. The Hall–Kier alpha value is -0.360. The van der Waals surface area contributed by atoms with E-state index < -0.39 is 0 Å². The molecule has 1 aromatic carbocycles. The van der Waals surface area contributed by atoms with Crippen molar-refractivity contribution in [1.29, 1.82) is 10.5 Å². The molecule has 0 bridgehead atoms. The summed E-state index contributed by atoms with van der Waals surface area (Å²) >= 11 is 5.48. The minimum Gasteiger partial charge on any atom is -0.197 e. The van der Waals surface area contributed by atoms with Crippen LogP contribution in [0.5, 0.6) is 0 Å². The second-order valence-electron chi connectivity index (χ2n) is 2.60. The van der Waals surface area contributed by atoms with Crippen LogP contribution in [0.3, 0.4) is 0 Å². The molecule has 16 heavy (non-hydrogen) atoms. The molecule has 2 nitrogen and oxygen atoms in total. The van der Waals surface area contributed by atoms with Gasteiger partial charge in [-0.25, -0.2) is 0 Å². The van der Waals surface area contributed by atoms with Crippen LogP contribution in [0.15, 0.2) is 34.6 Å². The van der Waals surface area contributed by atoms with Gasteiger partial charge < -0.3 is 0 Å². The zero-order valence-corrected chi connectivity index (χ0v) is 12.6. The number of allylic oxidation sites excluding steroid dienone is 1. The summed E-state index contributed by atoms with van der Waals surface area (Å²) in [6, 6.07) is 13.4. The first-order valence-electron chi connectivity index (χ1n) is 4.18. The van der Waals surface area contributed by atoms with Gasteiger partial charge in [0.25, 0.3) is 0 Å². The van der Waals surface area contributed by atoms with Crippen molar-refractivity contribution in [1.82, 2.24) is 0 Å². The summed E-state index contributed by atoms with van der Waals surface area (Å²) in [6.07, 6.45) is 0. The maximum Gasteiger partial charge on any atom is 0.101 e. The van der Waals surface area contributed by atoms with Crippen molar-refractivity contribution in [2.75, 3.05) is 5.75 Å².